The van der Waals surface area contributed by atoms with Crippen LogP contribution in [0.5, 0.6) is 0 Å². The number of nitrogens with one attached hydrogen (secondary N) is 1. The van der Waals surface area contributed by atoms with Gasteiger partial charge in [0.2, 0.25) is 5.91 Å². The molecule has 1 aromatic heterocycles. The van der Waals surface area contributed by atoms with Crippen molar-refractivity contribution in [3.63, 3.8) is 0 Å². The molecule has 0 aromatic carbocycles. The molecule has 2 aliphatic rings. The van der Waals surface area contributed by atoms with E-state index in [9.17, 15) is 9.59 Å². The van der Waals surface area contributed by atoms with Gasteiger partial charge in [0.15, 0.2) is 0 Å². The van der Waals surface area contributed by atoms with E-state index in [1.807, 2.05) is 20.8 Å². The summed E-state index contributed by atoms with van der Waals surface area (Å²) in [4.78, 5) is 30.5. The highest BCUT2D eigenvalue weighted by atomic mass is 16.2. The predicted octanol–water partition coefficient (Wildman–Crippen LogP) is 1.08. The Morgan fingerprint density at radius 3 is 2.83 bits per heavy atom. The van der Waals surface area contributed by atoms with E-state index in [-0.39, 0.29) is 17.7 Å². The van der Waals surface area contributed by atoms with Crippen molar-refractivity contribution in [1.29, 1.82) is 0 Å². The second-order valence-corrected chi connectivity index (χ2v) is 5.29. The van der Waals surface area contributed by atoms with Crippen LogP contribution < -0.4 is 5.32 Å². The van der Waals surface area contributed by atoms with Crippen LogP contribution in [0, 0.1) is 5.92 Å². The van der Waals surface area contributed by atoms with Crippen LogP contribution in [-0.2, 0) is 4.79 Å². The van der Waals surface area contributed by atoms with Crippen LogP contribution in [0.25, 0.3) is 0 Å². The fraction of sp³-hybridized carbons (Fsp3) is 0.462. The molecule has 1 fully saturated rings. The summed E-state index contributed by atoms with van der Waals surface area (Å²) in [5.41, 5.74) is 0.442. The number of fused-ring (bicyclic) bond motifs is 3. The summed E-state index contributed by atoms with van der Waals surface area (Å²) in [5, 5.41) is 2.88. The van der Waals surface area contributed by atoms with Crippen molar-refractivity contribution in [3.8, 4) is 0 Å². The summed E-state index contributed by atoms with van der Waals surface area (Å²) in [6.45, 7) is 5.72. The molecule has 0 spiro atoms. The van der Waals surface area contributed by atoms with E-state index in [0.29, 0.717) is 11.3 Å². The Kier molecular flexibility index (Phi) is 2.06. The second kappa shape index (κ2) is 3.31. The maximum Gasteiger partial charge on any atom is 0.258 e. The molecule has 0 bridgehead atoms. The van der Waals surface area contributed by atoms with Crippen molar-refractivity contribution in [2.45, 2.75) is 32.5 Å². The van der Waals surface area contributed by atoms with E-state index in [0.717, 1.165) is 0 Å². The SMILES string of the molecule is CC(C)C1(C)C(=O)NC2c3ncccc3C(=O)N21. The quantitative estimate of drug-likeness (QED) is 0.805. The molecule has 0 saturated carbocycles. The zero-order chi connectivity index (χ0) is 13.1. The van der Waals surface area contributed by atoms with Crippen LogP contribution in [0.15, 0.2) is 18.3 Å². The number of aromatic nitrogens is 1. The zero-order valence-corrected chi connectivity index (χ0v) is 10.6. The number of carbonyl (C=O) groups is 2. The summed E-state index contributed by atoms with van der Waals surface area (Å²) < 4.78 is 0. The Labute approximate surface area is 105 Å². The molecule has 1 aromatic rings. The van der Waals surface area contributed by atoms with E-state index in [2.05, 4.69) is 10.3 Å². The van der Waals surface area contributed by atoms with Gasteiger partial charge >= 0.3 is 0 Å². The Hall–Kier alpha value is -1.91. The number of carbonyl (C=O) groups excluding carboxylic acids is 2. The average molecular weight is 245 g/mol. The number of hydrogen-bond acceptors (Lipinski definition) is 3. The zero-order valence-electron chi connectivity index (χ0n) is 10.6. The van der Waals surface area contributed by atoms with Crippen LogP contribution in [0.3, 0.4) is 0 Å². The van der Waals surface area contributed by atoms with Crippen molar-refractivity contribution < 1.29 is 9.59 Å². The molecule has 18 heavy (non-hydrogen) atoms. The number of amides is 2. The maximum absolute atomic E-state index is 12.4. The summed E-state index contributed by atoms with van der Waals surface area (Å²) in [5.74, 6) is -0.175. The fourth-order valence-corrected chi connectivity index (χ4v) is 2.72. The van der Waals surface area contributed by atoms with Gasteiger partial charge in [-0.3, -0.25) is 19.5 Å². The number of pyridine rings is 1. The largest absolute Gasteiger partial charge is 0.328 e. The molecule has 3 rings (SSSR count). The summed E-state index contributed by atoms with van der Waals surface area (Å²) >= 11 is 0. The van der Waals surface area contributed by atoms with E-state index >= 15 is 0 Å². The fourth-order valence-electron chi connectivity index (χ4n) is 2.72. The number of hydrogen-bond donors (Lipinski definition) is 1. The van der Waals surface area contributed by atoms with Crippen LogP contribution >= 0.6 is 0 Å². The first-order valence-electron chi connectivity index (χ1n) is 6.07. The summed E-state index contributed by atoms with van der Waals surface area (Å²) in [7, 11) is 0. The lowest BCUT2D eigenvalue weighted by atomic mass is 9.87. The molecule has 2 aliphatic heterocycles. The lowest BCUT2D eigenvalue weighted by molar-refractivity contribution is -0.127. The lowest BCUT2D eigenvalue weighted by Crippen LogP contribution is -2.51. The van der Waals surface area contributed by atoms with Crippen LogP contribution in [-0.4, -0.2) is 27.2 Å². The van der Waals surface area contributed by atoms with Gasteiger partial charge in [0.1, 0.15) is 11.7 Å². The van der Waals surface area contributed by atoms with Crippen LogP contribution in [0.1, 0.15) is 43.0 Å². The van der Waals surface area contributed by atoms with Gasteiger partial charge < -0.3 is 5.32 Å². The topological polar surface area (TPSA) is 62.3 Å². The Bertz CT molecular complexity index is 555. The molecule has 2 atom stereocenters. The minimum Gasteiger partial charge on any atom is -0.328 e. The number of rotatable bonds is 1. The van der Waals surface area contributed by atoms with Gasteiger partial charge in [0.05, 0.1) is 11.3 Å². The van der Waals surface area contributed by atoms with Gasteiger partial charge in [-0.25, -0.2) is 0 Å². The minimum atomic E-state index is -0.803. The molecular weight excluding hydrogens is 230 g/mol. The Morgan fingerprint density at radius 2 is 2.17 bits per heavy atom. The van der Waals surface area contributed by atoms with Crippen molar-refractivity contribution in [3.05, 3.63) is 29.6 Å². The first-order chi connectivity index (χ1) is 8.48. The summed E-state index contributed by atoms with van der Waals surface area (Å²) in [6.07, 6.45) is 1.24. The number of nitrogens with zero attached hydrogens (tertiary/aromatic N) is 2. The monoisotopic (exact) mass is 245 g/mol. The molecular formula is C13H15N3O2. The van der Waals surface area contributed by atoms with Gasteiger partial charge in [-0.05, 0) is 25.0 Å². The molecule has 0 radical (unpaired) electrons. The highest BCUT2D eigenvalue weighted by Crippen LogP contribution is 2.43. The van der Waals surface area contributed by atoms with Crippen molar-refractivity contribution in [2.75, 3.05) is 0 Å². The highest BCUT2D eigenvalue weighted by Gasteiger charge is 2.58. The molecule has 3 heterocycles. The Balaban J connectivity index is 2.16. The molecule has 0 aliphatic carbocycles. The van der Waals surface area contributed by atoms with Gasteiger partial charge in [0.25, 0.3) is 5.91 Å². The van der Waals surface area contributed by atoms with Gasteiger partial charge in [0, 0.05) is 6.20 Å². The third kappa shape index (κ3) is 1.09. The molecule has 2 amide bonds. The highest BCUT2D eigenvalue weighted by molar-refractivity contribution is 6.05. The van der Waals surface area contributed by atoms with Crippen molar-refractivity contribution >= 4 is 11.8 Å². The average Bonchev–Trinajstić information content (AvgIpc) is 2.77. The first kappa shape index (κ1) is 11.2. The maximum atomic E-state index is 12.4. The van der Waals surface area contributed by atoms with Gasteiger partial charge in [-0.1, -0.05) is 13.8 Å². The minimum absolute atomic E-state index is 0.0424. The van der Waals surface area contributed by atoms with E-state index in [1.54, 1.807) is 23.2 Å². The Morgan fingerprint density at radius 1 is 1.44 bits per heavy atom. The second-order valence-electron chi connectivity index (χ2n) is 5.29. The third-order valence-electron chi connectivity index (χ3n) is 4.16. The smallest absolute Gasteiger partial charge is 0.258 e. The van der Waals surface area contributed by atoms with E-state index in [4.69, 9.17) is 0 Å². The first-order valence-corrected chi connectivity index (χ1v) is 6.07. The van der Waals surface area contributed by atoms with E-state index in [1.165, 1.54) is 0 Å². The standard InChI is InChI=1S/C13H15N3O2/c1-7(2)13(3)12(18)15-10-9-8(5-4-6-14-9)11(17)16(10)13/h4-7,10H,1-3H3,(H,15,18). The molecule has 5 heteroatoms. The van der Waals surface area contributed by atoms with Crippen molar-refractivity contribution in [2.24, 2.45) is 5.92 Å². The van der Waals surface area contributed by atoms with Crippen molar-refractivity contribution in [1.82, 2.24) is 15.2 Å². The predicted molar refractivity (Wildman–Crippen MR) is 64.5 cm³/mol. The van der Waals surface area contributed by atoms with E-state index < -0.39 is 11.7 Å². The van der Waals surface area contributed by atoms with Gasteiger partial charge in [-0.15, -0.1) is 0 Å². The normalized spacial score (nSPS) is 29.6. The molecule has 1 N–H and O–H groups in total. The van der Waals surface area contributed by atoms with Gasteiger partial charge in [-0.2, -0.15) is 0 Å². The molecule has 5 nitrogen and oxygen atoms in total. The molecule has 1 saturated heterocycles. The lowest BCUT2D eigenvalue weighted by Gasteiger charge is -2.34. The van der Waals surface area contributed by atoms with Crippen LogP contribution in [0.2, 0.25) is 0 Å². The summed E-state index contributed by atoms with van der Waals surface area (Å²) in [6, 6.07) is 3.50. The third-order valence-corrected chi connectivity index (χ3v) is 4.16. The molecule has 94 valence electrons. The molecule has 2 unspecified atom stereocenters. The van der Waals surface area contributed by atoms with Crippen LogP contribution in [0.4, 0.5) is 0 Å².